The molecule has 7 heteroatoms. The first-order valence-corrected chi connectivity index (χ1v) is 7.49. The molecule has 3 aromatic rings. The van der Waals surface area contributed by atoms with E-state index in [2.05, 4.69) is 10.1 Å². The minimum atomic E-state index is -0.993. The number of carboxylic acids is 1. The van der Waals surface area contributed by atoms with Crippen molar-refractivity contribution < 1.29 is 15.0 Å². The van der Waals surface area contributed by atoms with Crippen LogP contribution in [0.5, 0.6) is 0 Å². The number of nitrogens with zero attached hydrogens (tertiary/aromatic N) is 4. The maximum atomic E-state index is 11.7. The normalized spacial score (nSPS) is 11.0. The van der Waals surface area contributed by atoms with Gasteiger partial charge in [-0.2, -0.15) is 5.10 Å². The number of anilines is 1. The van der Waals surface area contributed by atoms with Crippen molar-refractivity contribution in [1.82, 2.24) is 14.8 Å². The molecule has 3 rings (SSSR count). The Bertz CT molecular complexity index is 904. The van der Waals surface area contributed by atoms with Crippen LogP contribution >= 0.6 is 0 Å². The number of rotatable bonds is 5. The van der Waals surface area contributed by atoms with Crippen LogP contribution in [0.4, 0.5) is 5.82 Å². The Balaban J connectivity index is 2.34. The molecule has 124 valence electrons. The Morgan fingerprint density at radius 2 is 2.12 bits per heavy atom. The van der Waals surface area contributed by atoms with E-state index in [-0.39, 0.29) is 12.2 Å². The number of hydrogen-bond donors (Lipinski definition) is 2. The molecule has 0 amide bonds. The lowest BCUT2D eigenvalue weighted by atomic mass is 9.97. The lowest BCUT2D eigenvalue weighted by molar-refractivity contribution is 0.0699. The van der Waals surface area contributed by atoms with E-state index in [1.54, 1.807) is 41.2 Å². The molecule has 0 saturated carbocycles. The fourth-order valence-electron chi connectivity index (χ4n) is 2.81. The van der Waals surface area contributed by atoms with E-state index >= 15 is 0 Å². The van der Waals surface area contributed by atoms with Gasteiger partial charge in [-0.15, -0.1) is 0 Å². The second-order valence-electron chi connectivity index (χ2n) is 5.58. The molecular formula is C17H18N4O3. The van der Waals surface area contributed by atoms with Crippen molar-refractivity contribution in [3.63, 3.8) is 0 Å². The summed E-state index contributed by atoms with van der Waals surface area (Å²) < 4.78 is 1.66. The monoisotopic (exact) mass is 326 g/mol. The van der Waals surface area contributed by atoms with Crippen LogP contribution < -0.4 is 4.90 Å². The summed E-state index contributed by atoms with van der Waals surface area (Å²) in [5, 5.41) is 24.3. The maximum Gasteiger partial charge on any atom is 0.336 e. The zero-order valence-corrected chi connectivity index (χ0v) is 13.5. The Morgan fingerprint density at radius 1 is 1.33 bits per heavy atom. The lowest BCUT2D eigenvalue weighted by Crippen LogP contribution is -2.22. The van der Waals surface area contributed by atoms with E-state index in [4.69, 9.17) is 0 Å². The van der Waals surface area contributed by atoms with Gasteiger partial charge in [-0.05, 0) is 6.07 Å². The molecule has 0 fully saturated rings. The van der Waals surface area contributed by atoms with Crippen molar-refractivity contribution in [3.8, 4) is 11.1 Å². The fraction of sp³-hybridized carbons (Fsp3) is 0.235. The van der Waals surface area contributed by atoms with Crippen molar-refractivity contribution in [3.05, 3.63) is 42.4 Å². The molecule has 0 unspecified atom stereocenters. The fourth-order valence-corrected chi connectivity index (χ4v) is 2.81. The van der Waals surface area contributed by atoms with Gasteiger partial charge in [0.05, 0.1) is 18.4 Å². The molecule has 0 aliphatic carbocycles. The molecule has 0 spiro atoms. The van der Waals surface area contributed by atoms with Gasteiger partial charge in [0, 0.05) is 54.9 Å². The van der Waals surface area contributed by atoms with Crippen LogP contribution in [-0.2, 0) is 7.05 Å². The highest BCUT2D eigenvalue weighted by Crippen LogP contribution is 2.35. The Kier molecular flexibility index (Phi) is 4.18. The van der Waals surface area contributed by atoms with Gasteiger partial charge in [0.2, 0.25) is 0 Å². The number of aliphatic hydroxyl groups is 1. The Labute approximate surface area is 138 Å². The summed E-state index contributed by atoms with van der Waals surface area (Å²) in [7, 11) is 3.62. The second-order valence-corrected chi connectivity index (χ2v) is 5.58. The number of likely N-dealkylation sites (N-methyl/N-ethyl adjacent to an activating group) is 1. The number of aromatic nitrogens is 3. The van der Waals surface area contributed by atoms with Gasteiger partial charge in [-0.3, -0.25) is 4.68 Å². The summed E-state index contributed by atoms with van der Waals surface area (Å²) in [5.74, 6) is -0.359. The Hall–Kier alpha value is -2.93. The first-order valence-electron chi connectivity index (χ1n) is 7.49. The average molecular weight is 326 g/mol. The standard InChI is InChI=1S/C17H18N4O3/c1-20(6-7-22)16-12-4-3-5-13(17(23)24)15(12)14(9-18-16)11-8-19-21(2)10-11/h3-5,8-10,22H,6-7H2,1-2H3,(H,23,24). The van der Waals surface area contributed by atoms with Gasteiger partial charge in [-0.1, -0.05) is 12.1 Å². The van der Waals surface area contributed by atoms with Gasteiger partial charge >= 0.3 is 5.97 Å². The molecule has 7 nitrogen and oxygen atoms in total. The van der Waals surface area contributed by atoms with E-state index in [0.29, 0.717) is 17.7 Å². The molecule has 1 aromatic carbocycles. The van der Waals surface area contributed by atoms with Crippen molar-refractivity contribution in [2.45, 2.75) is 0 Å². The molecule has 0 aliphatic heterocycles. The average Bonchev–Trinajstić information content (AvgIpc) is 2.99. The van der Waals surface area contributed by atoms with Crippen LogP contribution in [0.2, 0.25) is 0 Å². The van der Waals surface area contributed by atoms with Crippen molar-refractivity contribution in [1.29, 1.82) is 0 Å². The molecule has 0 saturated heterocycles. The smallest absolute Gasteiger partial charge is 0.336 e. The van der Waals surface area contributed by atoms with Crippen molar-refractivity contribution >= 4 is 22.6 Å². The predicted molar refractivity (Wildman–Crippen MR) is 91.3 cm³/mol. The third kappa shape index (κ3) is 2.69. The molecule has 2 heterocycles. The number of aromatic carboxylic acids is 1. The van der Waals surface area contributed by atoms with Crippen LogP contribution in [0.3, 0.4) is 0 Å². The highest BCUT2D eigenvalue weighted by molar-refractivity contribution is 6.12. The number of aryl methyl sites for hydroxylation is 1. The summed E-state index contributed by atoms with van der Waals surface area (Å²) in [6.45, 7) is 0.397. The van der Waals surface area contributed by atoms with Crippen LogP contribution in [0.1, 0.15) is 10.4 Å². The SMILES string of the molecule is CN(CCO)c1ncc(-c2cnn(C)c2)c2c(C(=O)O)cccc12. The molecule has 2 N–H and O–H groups in total. The largest absolute Gasteiger partial charge is 0.478 e. The quantitative estimate of drug-likeness (QED) is 0.742. The summed E-state index contributed by atoms with van der Waals surface area (Å²) >= 11 is 0. The van der Waals surface area contributed by atoms with E-state index in [1.807, 2.05) is 19.3 Å². The summed E-state index contributed by atoms with van der Waals surface area (Å²) in [6.07, 6.45) is 5.17. The number of benzene rings is 1. The number of aliphatic hydroxyl groups excluding tert-OH is 1. The zero-order chi connectivity index (χ0) is 17.3. The van der Waals surface area contributed by atoms with E-state index in [1.165, 1.54) is 0 Å². The first kappa shape index (κ1) is 15.9. The third-order valence-corrected chi connectivity index (χ3v) is 3.93. The van der Waals surface area contributed by atoms with Crippen molar-refractivity contribution in [2.24, 2.45) is 7.05 Å². The highest BCUT2D eigenvalue weighted by atomic mass is 16.4. The number of hydrogen-bond acceptors (Lipinski definition) is 5. The molecule has 0 bridgehead atoms. The first-order chi connectivity index (χ1) is 11.5. The van der Waals surface area contributed by atoms with Crippen LogP contribution in [0.15, 0.2) is 36.8 Å². The highest BCUT2D eigenvalue weighted by Gasteiger charge is 2.18. The van der Waals surface area contributed by atoms with E-state index < -0.39 is 5.97 Å². The summed E-state index contributed by atoms with van der Waals surface area (Å²) in [5.41, 5.74) is 1.74. The molecule has 0 radical (unpaired) electrons. The lowest BCUT2D eigenvalue weighted by Gasteiger charge is -2.20. The topological polar surface area (TPSA) is 91.5 Å². The number of carbonyl (C=O) groups is 1. The molecule has 0 aliphatic rings. The van der Waals surface area contributed by atoms with Crippen molar-refractivity contribution in [2.75, 3.05) is 25.1 Å². The third-order valence-electron chi connectivity index (χ3n) is 3.93. The second kappa shape index (κ2) is 6.29. The van der Waals surface area contributed by atoms with Gasteiger partial charge in [0.1, 0.15) is 5.82 Å². The van der Waals surface area contributed by atoms with Gasteiger partial charge in [-0.25, -0.2) is 9.78 Å². The zero-order valence-electron chi connectivity index (χ0n) is 13.5. The number of fused-ring (bicyclic) bond motifs is 1. The van der Waals surface area contributed by atoms with Gasteiger partial charge < -0.3 is 15.1 Å². The molecule has 0 atom stereocenters. The van der Waals surface area contributed by atoms with Crippen LogP contribution in [0.25, 0.3) is 21.9 Å². The predicted octanol–water partition coefficient (Wildman–Crippen LogP) is 1.76. The molecule has 24 heavy (non-hydrogen) atoms. The maximum absolute atomic E-state index is 11.7. The Morgan fingerprint density at radius 3 is 2.75 bits per heavy atom. The molecular weight excluding hydrogens is 308 g/mol. The minimum absolute atomic E-state index is 0.0113. The molecule has 2 aromatic heterocycles. The minimum Gasteiger partial charge on any atom is -0.478 e. The van der Waals surface area contributed by atoms with Gasteiger partial charge in [0.25, 0.3) is 0 Å². The van der Waals surface area contributed by atoms with Crippen LogP contribution in [-0.4, -0.2) is 51.1 Å². The summed E-state index contributed by atoms with van der Waals surface area (Å²) in [6, 6.07) is 5.13. The van der Waals surface area contributed by atoms with E-state index in [0.717, 1.165) is 16.5 Å². The number of pyridine rings is 1. The number of carboxylic acid groups (broad SMARTS) is 1. The van der Waals surface area contributed by atoms with Crippen LogP contribution in [0, 0.1) is 0 Å². The summed E-state index contributed by atoms with van der Waals surface area (Å²) in [4.78, 5) is 18.0. The van der Waals surface area contributed by atoms with E-state index in [9.17, 15) is 15.0 Å². The van der Waals surface area contributed by atoms with Gasteiger partial charge in [0.15, 0.2) is 0 Å².